The first-order valence-corrected chi connectivity index (χ1v) is 17.0. The zero-order valence-electron chi connectivity index (χ0n) is 26.6. The molecular formula is C32H44N4O7S. The number of amides is 1. The van der Waals surface area contributed by atoms with Crippen molar-refractivity contribution in [3.63, 3.8) is 0 Å². The molecule has 4 rings (SSSR count). The van der Waals surface area contributed by atoms with E-state index in [0.717, 1.165) is 58.8 Å². The van der Waals surface area contributed by atoms with Crippen molar-refractivity contribution < 1.29 is 31.7 Å². The molecule has 240 valence electrons. The lowest BCUT2D eigenvalue weighted by atomic mass is 9.83. The van der Waals surface area contributed by atoms with Crippen LogP contribution in [0.3, 0.4) is 0 Å². The zero-order chi connectivity index (χ0) is 32.1. The Labute approximate surface area is 260 Å². The molecule has 0 saturated carbocycles. The van der Waals surface area contributed by atoms with Gasteiger partial charge in [0.25, 0.3) is 10.1 Å². The summed E-state index contributed by atoms with van der Waals surface area (Å²) in [7, 11) is -3.42. The number of aryl methyl sites for hydroxylation is 2. The van der Waals surface area contributed by atoms with E-state index in [0.29, 0.717) is 32.7 Å². The second-order valence-corrected chi connectivity index (χ2v) is 13.9. The lowest BCUT2D eigenvalue weighted by Gasteiger charge is -2.32. The van der Waals surface area contributed by atoms with Gasteiger partial charge in [0.1, 0.15) is 11.1 Å². The Kier molecular flexibility index (Phi) is 10.7. The largest absolute Gasteiger partial charge is 0.466 e. The number of fused-ring (bicyclic) bond motifs is 2. The van der Waals surface area contributed by atoms with Crippen LogP contribution in [0.4, 0.5) is 4.79 Å². The molecule has 0 saturated heterocycles. The predicted molar refractivity (Wildman–Crippen MR) is 167 cm³/mol. The maximum Gasteiger partial charge on any atom is 0.410 e. The van der Waals surface area contributed by atoms with Crippen molar-refractivity contribution in [2.75, 3.05) is 26.0 Å². The summed E-state index contributed by atoms with van der Waals surface area (Å²) < 4.78 is 39.9. The number of carbonyl (C=O) groups excluding carboxylic acids is 2. The van der Waals surface area contributed by atoms with Crippen LogP contribution >= 0.6 is 0 Å². The monoisotopic (exact) mass is 628 g/mol. The van der Waals surface area contributed by atoms with Gasteiger partial charge in [0, 0.05) is 25.6 Å². The van der Waals surface area contributed by atoms with E-state index in [1.807, 2.05) is 44.5 Å². The smallest absolute Gasteiger partial charge is 0.410 e. The number of hydrogen-bond donors (Lipinski definition) is 0. The first kappa shape index (κ1) is 33.4. The summed E-state index contributed by atoms with van der Waals surface area (Å²) in [5, 5.41) is 8.86. The number of hydrogen-bond acceptors (Lipinski definition) is 9. The topological polar surface area (TPSA) is 130 Å². The van der Waals surface area contributed by atoms with E-state index < -0.39 is 15.7 Å². The Balaban J connectivity index is 1.57. The number of aromatic nitrogens is 3. The van der Waals surface area contributed by atoms with E-state index in [1.165, 1.54) is 5.56 Å². The lowest BCUT2D eigenvalue weighted by Crippen LogP contribution is -2.39. The second-order valence-electron chi connectivity index (χ2n) is 12.3. The van der Waals surface area contributed by atoms with Gasteiger partial charge < -0.3 is 14.4 Å². The Hall–Kier alpha value is -3.51. The average Bonchev–Trinajstić information content (AvgIpc) is 3.36. The van der Waals surface area contributed by atoms with Gasteiger partial charge in [-0.2, -0.15) is 8.42 Å². The van der Waals surface area contributed by atoms with Crippen molar-refractivity contribution in [3.05, 3.63) is 58.1 Å². The Morgan fingerprint density at radius 2 is 1.84 bits per heavy atom. The number of unbranched alkanes of at least 4 members (excludes halogenated alkanes) is 2. The van der Waals surface area contributed by atoms with Crippen molar-refractivity contribution in [1.29, 1.82) is 0 Å². The molecule has 12 heteroatoms. The summed E-state index contributed by atoms with van der Waals surface area (Å²) in [6.45, 7) is 11.5. The summed E-state index contributed by atoms with van der Waals surface area (Å²) in [6.07, 6.45) is 3.84. The third kappa shape index (κ3) is 8.78. The number of ether oxygens (including phenoxy) is 2. The third-order valence-electron chi connectivity index (χ3n) is 7.64. The molecule has 1 aromatic heterocycles. The Bertz CT molecular complexity index is 1590. The Morgan fingerprint density at radius 1 is 1.07 bits per heavy atom. The minimum absolute atomic E-state index is 0.165. The molecule has 2 heterocycles. The van der Waals surface area contributed by atoms with Gasteiger partial charge in [-0.1, -0.05) is 29.5 Å². The quantitative estimate of drug-likeness (QED) is 0.150. The van der Waals surface area contributed by atoms with Crippen molar-refractivity contribution in [3.8, 4) is 0 Å². The van der Waals surface area contributed by atoms with Gasteiger partial charge in [0.15, 0.2) is 0 Å². The number of carbonyl (C=O) groups is 2. The molecule has 0 bridgehead atoms. The van der Waals surface area contributed by atoms with Crippen molar-refractivity contribution in [1.82, 2.24) is 19.9 Å². The molecule has 11 nitrogen and oxygen atoms in total. The van der Waals surface area contributed by atoms with Gasteiger partial charge in [-0.05, 0) is 94.2 Å². The molecule has 0 N–H and O–H groups in total. The molecule has 1 aliphatic heterocycles. The minimum Gasteiger partial charge on any atom is -0.466 e. The fraction of sp³-hybridized carbons (Fsp3) is 0.562. The van der Waals surface area contributed by atoms with Crippen molar-refractivity contribution in [2.45, 2.75) is 91.3 Å². The Morgan fingerprint density at radius 3 is 2.55 bits per heavy atom. The number of rotatable bonds is 12. The summed E-state index contributed by atoms with van der Waals surface area (Å²) >= 11 is 0. The lowest BCUT2D eigenvalue weighted by molar-refractivity contribution is -0.143. The highest BCUT2D eigenvalue weighted by Crippen LogP contribution is 2.35. The molecule has 1 amide bonds. The molecule has 3 aromatic rings. The van der Waals surface area contributed by atoms with Crippen LogP contribution in [0, 0.1) is 6.92 Å². The van der Waals surface area contributed by atoms with Gasteiger partial charge in [-0.25, -0.2) is 9.48 Å². The first-order chi connectivity index (χ1) is 20.8. The molecule has 0 spiro atoms. The molecule has 0 aliphatic carbocycles. The molecule has 44 heavy (non-hydrogen) atoms. The predicted octanol–water partition coefficient (Wildman–Crippen LogP) is 5.26. The molecule has 0 fully saturated rings. The second kappa shape index (κ2) is 14.1. The normalized spacial score (nSPS) is 14.4. The van der Waals surface area contributed by atoms with Crippen molar-refractivity contribution in [2.24, 2.45) is 0 Å². The number of esters is 1. The van der Waals surface area contributed by atoms with E-state index >= 15 is 0 Å². The number of benzene rings is 2. The molecule has 2 aromatic carbocycles. The molecule has 0 radical (unpaired) electrons. The third-order valence-corrected chi connectivity index (χ3v) is 8.24. The highest BCUT2D eigenvalue weighted by molar-refractivity contribution is 7.85. The maximum absolute atomic E-state index is 12.8. The SMILES string of the molecule is CCOC(=O)CC(c1ccc2c(c1)CN(C(=O)OC(C)(C)C)CC2)c1ccc2c(nnn2CCCCCOS(C)(=O)=O)c1C. The van der Waals surface area contributed by atoms with Crippen LogP contribution in [0.1, 0.15) is 87.1 Å². The van der Waals surface area contributed by atoms with Gasteiger partial charge >= 0.3 is 12.1 Å². The van der Waals surface area contributed by atoms with E-state index in [1.54, 1.807) is 11.8 Å². The summed E-state index contributed by atoms with van der Waals surface area (Å²) in [5.41, 5.74) is 6.19. The highest BCUT2D eigenvalue weighted by Gasteiger charge is 2.28. The average molecular weight is 629 g/mol. The molecule has 1 aliphatic rings. The van der Waals surface area contributed by atoms with Gasteiger partial charge in [0.05, 0.1) is 31.4 Å². The summed E-state index contributed by atoms with van der Waals surface area (Å²) in [6, 6.07) is 10.3. The molecule has 1 unspecified atom stereocenters. The van der Waals surface area contributed by atoms with Crippen molar-refractivity contribution >= 4 is 33.2 Å². The fourth-order valence-corrected chi connectivity index (χ4v) is 5.97. The molecule has 1 atom stereocenters. The van der Waals surface area contributed by atoms with Crippen LogP contribution in [0.5, 0.6) is 0 Å². The zero-order valence-corrected chi connectivity index (χ0v) is 27.4. The van der Waals surface area contributed by atoms with E-state index in [-0.39, 0.29) is 31.0 Å². The standard InChI is InChI=1S/C32H44N4O7S/c1-7-41-29(37)20-27(24-12-11-23-15-17-35(21-25(23)19-24)31(38)43-32(3,4)5)26-13-14-28-30(22(26)2)33-34-36(28)16-9-8-10-18-42-44(6,39)40/h11-14,19,27H,7-10,15-18,20-21H2,1-6H3. The van der Waals surface area contributed by atoms with Gasteiger partial charge in [0.2, 0.25) is 0 Å². The fourth-order valence-electron chi connectivity index (χ4n) is 5.55. The van der Waals surface area contributed by atoms with Crippen LogP contribution in [0.15, 0.2) is 30.3 Å². The first-order valence-electron chi connectivity index (χ1n) is 15.2. The summed E-state index contributed by atoms with van der Waals surface area (Å²) in [5.74, 6) is -0.561. The molecular weight excluding hydrogens is 584 g/mol. The maximum atomic E-state index is 12.8. The summed E-state index contributed by atoms with van der Waals surface area (Å²) in [4.78, 5) is 27.4. The van der Waals surface area contributed by atoms with Crippen LogP contribution in [0.2, 0.25) is 0 Å². The van der Waals surface area contributed by atoms with Crippen LogP contribution < -0.4 is 0 Å². The highest BCUT2D eigenvalue weighted by atomic mass is 32.2. The van der Waals surface area contributed by atoms with E-state index in [2.05, 4.69) is 28.5 Å². The van der Waals surface area contributed by atoms with Gasteiger partial charge in [-0.3, -0.25) is 8.98 Å². The number of nitrogens with zero attached hydrogens (tertiary/aromatic N) is 4. The van der Waals surface area contributed by atoms with Gasteiger partial charge in [-0.15, -0.1) is 5.10 Å². The van der Waals surface area contributed by atoms with E-state index in [4.69, 9.17) is 13.7 Å². The van der Waals surface area contributed by atoms with Crippen LogP contribution in [0.25, 0.3) is 11.0 Å². The minimum atomic E-state index is -3.42. The van der Waals surface area contributed by atoms with Crippen LogP contribution in [-0.4, -0.2) is 72.0 Å². The van der Waals surface area contributed by atoms with Crippen LogP contribution in [-0.2, 0) is 48.1 Å². The van der Waals surface area contributed by atoms with E-state index in [9.17, 15) is 18.0 Å².